The molecule has 1 saturated heterocycles. The third-order valence-corrected chi connectivity index (χ3v) is 5.17. The fourth-order valence-electron chi connectivity index (χ4n) is 3.66. The van der Waals surface area contributed by atoms with Crippen molar-refractivity contribution >= 4 is 11.7 Å². The number of rotatable bonds is 3. The molecule has 2 aliphatic rings. The van der Waals surface area contributed by atoms with E-state index >= 15 is 0 Å². The van der Waals surface area contributed by atoms with Gasteiger partial charge in [-0.2, -0.15) is 0 Å². The largest absolute Gasteiger partial charge is 0.454 e. The molecule has 2 heterocycles. The molecule has 0 saturated carbocycles. The lowest BCUT2D eigenvalue weighted by Crippen LogP contribution is -2.21. The van der Waals surface area contributed by atoms with Gasteiger partial charge in [-0.05, 0) is 42.7 Å². The highest BCUT2D eigenvalue weighted by Crippen LogP contribution is 2.36. The summed E-state index contributed by atoms with van der Waals surface area (Å²) in [5.74, 6) is -0.583. The van der Waals surface area contributed by atoms with Crippen LogP contribution < -0.4 is 4.90 Å². The average molecular weight is 341 g/mol. The van der Waals surface area contributed by atoms with Crippen molar-refractivity contribution in [3.05, 3.63) is 64.5 Å². The van der Waals surface area contributed by atoms with Crippen LogP contribution >= 0.6 is 0 Å². The topological polar surface area (TPSA) is 49.8 Å². The molecular formula is C20H20FNO3. The maximum absolute atomic E-state index is 13.7. The minimum Gasteiger partial charge on any atom is -0.454 e. The quantitative estimate of drug-likeness (QED) is 0.872. The van der Waals surface area contributed by atoms with Gasteiger partial charge in [0.15, 0.2) is 0 Å². The first-order valence-corrected chi connectivity index (χ1v) is 8.55. The molecule has 130 valence electrons. The lowest BCUT2D eigenvalue weighted by Gasteiger charge is -2.18. The Balaban J connectivity index is 1.61. The number of carbonyl (C=O) groups is 1. The number of hydrogen-bond acceptors (Lipinski definition) is 4. The smallest absolute Gasteiger partial charge is 0.339 e. The van der Waals surface area contributed by atoms with Crippen molar-refractivity contribution in [1.82, 2.24) is 0 Å². The van der Waals surface area contributed by atoms with Crippen molar-refractivity contribution < 1.29 is 19.0 Å². The van der Waals surface area contributed by atoms with E-state index in [0.717, 1.165) is 29.8 Å². The van der Waals surface area contributed by atoms with Gasteiger partial charge in [0.1, 0.15) is 11.9 Å². The first kappa shape index (κ1) is 16.1. The molecule has 2 aromatic rings. The van der Waals surface area contributed by atoms with Crippen LogP contribution in [0.4, 0.5) is 10.1 Å². The molecule has 2 atom stereocenters. The first-order chi connectivity index (χ1) is 12.0. The Morgan fingerprint density at radius 1 is 1.32 bits per heavy atom. The van der Waals surface area contributed by atoms with E-state index in [1.165, 1.54) is 6.07 Å². The first-order valence-electron chi connectivity index (χ1n) is 8.55. The number of anilines is 1. The minimum absolute atomic E-state index is 0.245. The van der Waals surface area contributed by atoms with Gasteiger partial charge in [-0.3, -0.25) is 0 Å². The third-order valence-electron chi connectivity index (χ3n) is 5.17. The number of benzene rings is 2. The average Bonchev–Trinajstić information content (AvgIpc) is 3.16. The number of aliphatic hydroxyl groups is 1. The molecule has 4 nitrogen and oxygen atoms in total. The Morgan fingerprint density at radius 2 is 2.16 bits per heavy atom. The molecule has 0 spiro atoms. The number of ether oxygens (including phenoxy) is 1. The van der Waals surface area contributed by atoms with Crippen LogP contribution in [0, 0.1) is 12.7 Å². The van der Waals surface area contributed by atoms with E-state index in [0.29, 0.717) is 24.1 Å². The van der Waals surface area contributed by atoms with E-state index in [4.69, 9.17) is 4.74 Å². The van der Waals surface area contributed by atoms with Gasteiger partial charge in [0.25, 0.3) is 0 Å². The van der Waals surface area contributed by atoms with Crippen LogP contribution in [0.2, 0.25) is 0 Å². The SMILES string of the molecule is Cc1c(F)cccc1CC1OC(=O)c2cc(N3CC[C@@H](O)C3)ccc21. The second kappa shape index (κ2) is 6.15. The molecule has 25 heavy (non-hydrogen) atoms. The molecule has 0 aliphatic carbocycles. The van der Waals surface area contributed by atoms with E-state index < -0.39 is 0 Å². The molecule has 1 fully saturated rings. The monoisotopic (exact) mass is 341 g/mol. The predicted molar refractivity (Wildman–Crippen MR) is 92.3 cm³/mol. The number of esters is 1. The standard InChI is InChI=1S/C20H20FNO3/c1-12-13(3-2-4-18(12)21)9-19-16-6-5-14(10-17(16)20(24)25-19)22-8-7-15(23)11-22/h2-6,10,15,19,23H,7-9,11H2,1H3/t15-,19?/m1/s1. The maximum atomic E-state index is 13.7. The fraction of sp³-hybridized carbons (Fsp3) is 0.350. The van der Waals surface area contributed by atoms with Crippen LogP contribution in [0.3, 0.4) is 0 Å². The van der Waals surface area contributed by atoms with Gasteiger partial charge in [0.2, 0.25) is 0 Å². The Morgan fingerprint density at radius 3 is 2.92 bits per heavy atom. The molecule has 1 unspecified atom stereocenters. The Labute approximate surface area is 145 Å². The summed E-state index contributed by atoms with van der Waals surface area (Å²) in [6, 6.07) is 10.7. The van der Waals surface area contributed by atoms with Gasteiger partial charge in [-0.25, -0.2) is 9.18 Å². The summed E-state index contributed by atoms with van der Waals surface area (Å²) in [5, 5.41) is 9.70. The van der Waals surface area contributed by atoms with E-state index in [2.05, 4.69) is 4.90 Å². The third kappa shape index (κ3) is 2.89. The molecule has 5 heteroatoms. The molecule has 4 rings (SSSR count). The number of hydrogen-bond donors (Lipinski definition) is 1. The Bertz CT molecular complexity index is 836. The summed E-state index contributed by atoms with van der Waals surface area (Å²) >= 11 is 0. The van der Waals surface area contributed by atoms with Gasteiger partial charge in [-0.15, -0.1) is 0 Å². The van der Waals surface area contributed by atoms with Crippen molar-refractivity contribution in [1.29, 1.82) is 0 Å². The van der Waals surface area contributed by atoms with E-state index in [9.17, 15) is 14.3 Å². The minimum atomic E-state index is -0.388. The maximum Gasteiger partial charge on any atom is 0.339 e. The molecule has 0 radical (unpaired) electrons. The van der Waals surface area contributed by atoms with Crippen LogP contribution in [0.15, 0.2) is 36.4 Å². The lowest BCUT2D eigenvalue weighted by atomic mass is 9.96. The number of cyclic esters (lactones) is 1. The molecule has 0 aromatic heterocycles. The molecule has 2 aromatic carbocycles. The van der Waals surface area contributed by atoms with Gasteiger partial charge in [0.05, 0.1) is 11.7 Å². The van der Waals surface area contributed by atoms with E-state index in [1.807, 2.05) is 24.3 Å². The highest BCUT2D eigenvalue weighted by molar-refractivity contribution is 5.95. The zero-order chi connectivity index (χ0) is 17.6. The van der Waals surface area contributed by atoms with Crippen LogP contribution in [-0.2, 0) is 11.2 Å². The summed E-state index contributed by atoms with van der Waals surface area (Å²) < 4.78 is 19.3. The summed E-state index contributed by atoms with van der Waals surface area (Å²) in [5.41, 5.74) is 3.78. The second-order valence-electron chi connectivity index (χ2n) is 6.78. The molecule has 2 aliphatic heterocycles. The number of nitrogens with zero attached hydrogens (tertiary/aromatic N) is 1. The Hall–Kier alpha value is -2.40. The normalized spacial score (nSPS) is 22.2. The summed E-state index contributed by atoms with van der Waals surface area (Å²) in [4.78, 5) is 14.4. The molecule has 1 N–H and O–H groups in total. The highest BCUT2D eigenvalue weighted by atomic mass is 19.1. The second-order valence-corrected chi connectivity index (χ2v) is 6.78. The van der Waals surface area contributed by atoms with Gasteiger partial charge < -0.3 is 14.7 Å². The predicted octanol–water partition coefficient (Wildman–Crippen LogP) is 3.16. The summed E-state index contributed by atoms with van der Waals surface area (Å²) in [6.07, 6.45) is 0.498. The van der Waals surface area contributed by atoms with Crippen molar-refractivity contribution in [3.8, 4) is 0 Å². The molecular weight excluding hydrogens is 321 g/mol. The van der Waals surface area contributed by atoms with Crippen LogP contribution in [0.1, 0.15) is 39.6 Å². The van der Waals surface area contributed by atoms with Crippen LogP contribution in [-0.4, -0.2) is 30.3 Å². The van der Waals surface area contributed by atoms with Gasteiger partial charge >= 0.3 is 5.97 Å². The molecule has 0 bridgehead atoms. The van der Waals surface area contributed by atoms with E-state index in [1.54, 1.807) is 13.0 Å². The number of aliphatic hydroxyl groups excluding tert-OH is 1. The zero-order valence-corrected chi connectivity index (χ0v) is 14.0. The zero-order valence-electron chi connectivity index (χ0n) is 14.0. The van der Waals surface area contributed by atoms with Gasteiger partial charge in [0, 0.05) is 30.8 Å². The van der Waals surface area contributed by atoms with Crippen LogP contribution in [0.5, 0.6) is 0 Å². The fourth-order valence-corrected chi connectivity index (χ4v) is 3.66. The number of halogens is 1. The van der Waals surface area contributed by atoms with E-state index in [-0.39, 0.29) is 24.0 Å². The van der Waals surface area contributed by atoms with Crippen molar-refractivity contribution in [2.75, 3.05) is 18.0 Å². The highest BCUT2D eigenvalue weighted by Gasteiger charge is 2.32. The number of β-amino-alcohol motifs (C(OH)–C–C–N with tert-alkyl or cyclic N) is 1. The summed E-state index contributed by atoms with van der Waals surface area (Å²) in [7, 11) is 0. The van der Waals surface area contributed by atoms with Crippen molar-refractivity contribution in [3.63, 3.8) is 0 Å². The van der Waals surface area contributed by atoms with Crippen molar-refractivity contribution in [2.45, 2.75) is 32.0 Å². The van der Waals surface area contributed by atoms with Gasteiger partial charge in [-0.1, -0.05) is 18.2 Å². The van der Waals surface area contributed by atoms with Crippen molar-refractivity contribution in [2.24, 2.45) is 0 Å². The summed E-state index contributed by atoms with van der Waals surface area (Å²) in [6.45, 7) is 3.10. The number of carbonyl (C=O) groups excluding carboxylic acids is 1. The lowest BCUT2D eigenvalue weighted by molar-refractivity contribution is 0.0386. The Kier molecular flexibility index (Phi) is 3.96. The number of fused-ring (bicyclic) bond motifs is 1. The molecule has 0 amide bonds. The van der Waals surface area contributed by atoms with Crippen LogP contribution in [0.25, 0.3) is 0 Å².